The summed E-state index contributed by atoms with van der Waals surface area (Å²) in [5.74, 6) is 0. The molecule has 3 aliphatic rings. The Kier molecular flexibility index (Phi) is 4.21. The molecule has 0 saturated heterocycles. The van der Waals surface area contributed by atoms with Crippen LogP contribution in [0.1, 0.15) is 24.1 Å². The van der Waals surface area contributed by atoms with Crippen molar-refractivity contribution in [3.8, 4) is 5.69 Å². The molecule has 0 bridgehead atoms. The highest BCUT2D eigenvalue weighted by Gasteiger charge is 2.37. The van der Waals surface area contributed by atoms with Crippen LogP contribution in [0.25, 0.3) is 16.6 Å². The third-order valence-electron chi connectivity index (χ3n) is 7.73. The summed E-state index contributed by atoms with van der Waals surface area (Å²) < 4.78 is 2.56. The summed E-state index contributed by atoms with van der Waals surface area (Å²) in [6.07, 6.45) is 4.97. The molecule has 162 valence electrons. The fraction of sp³-hybridized carbons (Fsp3) is 0.133. The van der Waals surface area contributed by atoms with E-state index < -0.39 is 0 Å². The lowest BCUT2D eigenvalue weighted by Gasteiger charge is -2.33. The quantitative estimate of drug-likeness (QED) is 0.273. The lowest BCUT2D eigenvalue weighted by atomic mass is 9.36. The maximum atomic E-state index is 2.56. The van der Waals surface area contributed by atoms with Crippen LogP contribution in [0.15, 0.2) is 105 Å². The van der Waals surface area contributed by atoms with E-state index in [0.717, 1.165) is 0 Å². The lowest BCUT2D eigenvalue weighted by Crippen LogP contribution is -2.57. The number of aromatic nitrogens is 1. The van der Waals surface area contributed by atoms with Crippen molar-refractivity contribution in [2.45, 2.75) is 45.3 Å². The molecule has 0 fully saturated rings. The third-order valence-corrected chi connectivity index (χ3v) is 10.0. The summed E-state index contributed by atoms with van der Waals surface area (Å²) in [5, 5.41) is 1.44. The first-order valence-electron chi connectivity index (χ1n) is 12.2. The predicted octanol–water partition coefficient (Wildman–Crippen LogP) is 5.95. The number of fused-ring (bicyclic) bond motifs is 7. The van der Waals surface area contributed by atoms with Crippen molar-refractivity contribution in [2.24, 2.45) is 0 Å². The first-order chi connectivity index (χ1) is 16.9. The van der Waals surface area contributed by atoms with Gasteiger partial charge in [0.1, 0.15) is 0 Å². The van der Waals surface area contributed by atoms with Crippen LogP contribution in [0.2, 0.25) is 0 Å². The van der Waals surface area contributed by atoms with Gasteiger partial charge in [-0.05, 0) is 73.1 Å². The van der Waals surface area contributed by atoms with Gasteiger partial charge in [-0.15, -0.1) is 0 Å². The number of rotatable bonds is 1. The van der Waals surface area contributed by atoms with E-state index in [2.05, 4.69) is 89.5 Å². The van der Waals surface area contributed by atoms with Gasteiger partial charge in [0.2, 0.25) is 6.71 Å². The average molecular weight is 471 g/mol. The average Bonchev–Trinajstić information content (AvgIpc) is 3.23. The molecule has 4 aromatic carbocycles. The number of benzene rings is 4. The normalized spacial score (nSPS) is 15.5. The van der Waals surface area contributed by atoms with E-state index in [0.29, 0.717) is 6.71 Å². The summed E-state index contributed by atoms with van der Waals surface area (Å²) >= 11 is 3.88. The minimum atomic E-state index is 0.323. The first-order valence-corrected chi connectivity index (χ1v) is 13.8. The Bertz CT molecular complexity index is 1630. The van der Waals surface area contributed by atoms with Crippen molar-refractivity contribution in [2.75, 3.05) is 0 Å². The van der Waals surface area contributed by atoms with E-state index in [1.54, 1.807) is 5.56 Å². The number of para-hydroxylation sites is 1. The molecule has 2 aliphatic heterocycles. The molecule has 1 nitrogen and oxygen atoms in total. The monoisotopic (exact) mass is 471 g/mol. The predicted molar refractivity (Wildman–Crippen MR) is 146 cm³/mol. The third kappa shape index (κ3) is 2.67. The van der Waals surface area contributed by atoms with Crippen molar-refractivity contribution < 1.29 is 0 Å². The van der Waals surface area contributed by atoms with Gasteiger partial charge in [0.25, 0.3) is 0 Å². The van der Waals surface area contributed by atoms with Crippen molar-refractivity contribution >= 4 is 57.5 Å². The van der Waals surface area contributed by atoms with Gasteiger partial charge in [-0.25, -0.2) is 0 Å². The van der Waals surface area contributed by atoms with Crippen molar-refractivity contribution in [3.05, 3.63) is 96.2 Å². The minimum absolute atomic E-state index is 0.323. The number of hydrogen-bond acceptors (Lipinski definition) is 2. The van der Waals surface area contributed by atoms with E-state index >= 15 is 0 Å². The Labute approximate surface area is 208 Å². The van der Waals surface area contributed by atoms with Gasteiger partial charge in [0.15, 0.2) is 0 Å². The standard InChI is InChI=1S/C30H22BNS2/c1-4-11-24-20(8-1)21-9-2-5-12-25(21)32(24)19-16-17-23-29(18-19)34-28-15-7-14-27-30(28)31(23)22-10-3-6-13-26(22)33-27/h1,3-4,6-8,10-11,13-18H,2,5,9,12H2. The second-order valence-corrected chi connectivity index (χ2v) is 11.7. The van der Waals surface area contributed by atoms with Crippen LogP contribution in [0.3, 0.4) is 0 Å². The molecule has 0 atom stereocenters. The van der Waals surface area contributed by atoms with Crippen molar-refractivity contribution in [1.82, 2.24) is 4.57 Å². The Morgan fingerprint density at radius 3 is 2.32 bits per heavy atom. The van der Waals surface area contributed by atoms with E-state index in [4.69, 9.17) is 0 Å². The highest BCUT2D eigenvalue weighted by Crippen LogP contribution is 2.40. The molecule has 34 heavy (non-hydrogen) atoms. The second kappa shape index (κ2) is 7.34. The lowest BCUT2D eigenvalue weighted by molar-refractivity contribution is 0.666. The van der Waals surface area contributed by atoms with E-state index in [-0.39, 0.29) is 0 Å². The summed E-state index contributed by atoms with van der Waals surface area (Å²) in [5.41, 5.74) is 10.2. The van der Waals surface area contributed by atoms with E-state index in [9.17, 15) is 0 Å². The van der Waals surface area contributed by atoms with Crippen LogP contribution in [0.5, 0.6) is 0 Å². The molecule has 1 aliphatic carbocycles. The largest absolute Gasteiger partial charge is 0.313 e. The molecule has 0 unspecified atom stereocenters. The summed E-state index contributed by atoms with van der Waals surface area (Å²) in [4.78, 5) is 5.61. The van der Waals surface area contributed by atoms with Crippen molar-refractivity contribution in [3.63, 3.8) is 0 Å². The van der Waals surface area contributed by atoms with Crippen LogP contribution in [0, 0.1) is 0 Å². The van der Waals surface area contributed by atoms with Crippen LogP contribution in [0.4, 0.5) is 0 Å². The molecule has 5 aromatic rings. The van der Waals surface area contributed by atoms with Gasteiger partial charge >= 0.3 is 0 Å². The van der Waals surface area contributed by atoms with Gasteiger partial charge in [-0.3, -0.25) is 0 Å². The highest BCUT2D eigenvalue weighted by molar-refractivity contribution is 8.01. The van der Waals surface area contributed by atoms with Gasteiger partial charge in [-0.1, -0.05) is 83.0 Å². The molecular formula is C30H22BNS2. The molecule has 0 spiro atoms. The molecule has 0 amide bonds. The summed E-state index contributed by atoms with van der Waals surface area (Å²) in [6, 6.07) is 32.1. The van der Waals surface area contributed by atoms with Gasteiger partial charge < -0.3 is 4.57 Å². The fourth-order valence-electron chi connectivity index (χ4n) is 6.29. The van der Waals surface area contributed by atoms with Crippen LogP contribution in [-0.4, -0.2) is 11.3 Å². The molecule has 0 radical (unpaired) electrons. The maximum Gasteiger partial charge on any atom is 0.247 e. The first kappa shape index (κ1) is 19.5. The Morgan fingerprint density at radius 1 is 0.647 bits per heavy atom. The van der Waals surface area contributed by atoms with Crippen LogP contribution in [-0.2, 0) is 12.8 Å². The molecule has 4 heteroatoms. The molecular weight excluding hydrogens is 449 g/mol. The number of aryl methyl sites for hydroxylation is 1. The number of nitrogens with zero attached hydrogens (tertiary/aromatic N) is 1. The van der Waals surface area contributed by atoms with Crippen LogP contribution < -0.4 is 16.4 Å². The smallest absolute Gasteiger partial charge is 0.247 e. The molecule has 8 rings (SSSR count). The zero-order valence-corrected chi connectivity index (χ0v) is 20.4. The number of hydrogen-bond donors (Lipinski definition) is 0. The second-order valence-electron chi connectivity index (χ2n) is 9.55. The SMILES string of the molecule is c1ccc2c(c1)Sc1cccc3c1B2c1ccc(-n2c4c(c5ccccc52)CCCC4)cc1S3. The van der Waals surface area contributed by atoms with Gasteiger partial charge in [0, 0.05) is 36.3 Å². The molecule has 0 N–H and O–H groups in total. The maximum absolute atomic E-state index is 2.56. The van der Waals surface area contributed by atoms with Crippen molar-refractivity contribution in [1.29, 1.82) is 0 Å². The topological polar surface area (TPSA) is 4.93 Å². The molecule has 1 aromatic heterocycles. The molecule has 3 heterocycles. The Morgan fingerprint density at radius 2 is 1.38 bits per heavy atom. The zero-order valence-electron chi connectivity index (χ0n) is 18.8. The molecule has 0 saturated carbocycles. The highest BCUT2D eigenvalue weighted by atomic mass is 32.2. The summed E-state index contributed by atoms with van der Waals surface area (Å²) in [7, 11) is 0. The fourth-order valence-corrected chi connectivity index (χ4v) is 8.73. The minimum Gasteiger partial charge on any atom is -0.313 e. The Hall–Kier alpha value is -2.82. The van der Waals surface area contributed by atoms with E-state index in [1.807, 2.05) is 23.5 Å². The van der Waals surface area contributed by atoms with Gasteiger partial charge in [-0.2, -0.15) is 0 Å². The zero-order chi connectivity index (χ0) is 22.2. The summed E-state index contributed by atoms with van der Waals surface area (Å²) in [6.45, 7) is 0.323. The van der Waals surface area contributed by atoms with Crippen LogP contribution >= 0.6 is 23.5 Å². The Balaban J connectivity index is 1.36. The van der Waals surface area contributed by atoms with Gasteiger partial charge in [0.05, 0.1) is 5.52 Å². The van der Waals surface area contributed by atoms with E-state index in [1.165, 1.54) is 83.9 Å².